The summed E-state index contributed by atoms with van der Waals surface area (Å²) < 4.78 is 26.2. The highest BCUT2D eigenvalue weighted by Crippen LogP contribution is 2.52. The SMILES string of the molecule is O=C(Oc1cccs1)N(CC1C2CN(Cc3cccnc3)CC21)c1ccc(N2CCOCC2)c(F)c1. The minimum Gasteiger partial charge on any atom is -0.399 e. The van der Waals surface area contributed by atoms with E-state index in [1.165, 1.54) is 23.0 Å². The first-order valence-corrected chi connectivity index (χ1v) is 13.3. The molecule has 0 bridgehead atoms. The molecule has 6 rings (SSSR count). The molecular weight excluding hydrogens is 479 g/mol. The van der Waals surface area contributed by atoms with E-state index in [0.29, 0.717) is 67.0 Å². The first kappa shape index (κ1) is 23.4. The molecule has 0 N–H and O–H groups in total. The van der Waals surface area contributed by atoms with E-state index in [9.17, 15) is 4.79 Å². The molecule has 3 fully saturated rings. The normalized spacial score (nSPS) is 23.4. The minimum absolute atomic E-state index is 0.332. The Balaban J connectivity index is 1.15. The van der Waals surface area contributed by atoms with Crippen LogP contribution in [0.4, 0.5) is 20.6 Å². The molecule has 4 heterocycles. The number of aromatic nitrogens is 1. The molecule has 1 amide bonds. The van der Waals surface area contributed by atoms with Crippen molar-refractivity contribution in [2.45, 2.75) is 6.54 Å². The second-order valence-electron chi connectivity index (χ2n) is 9.69. The number of hydrogen-bond acceptors (Lipinski definition) is 7. The molecule has 3 aliphatic rings. The molecule has 1 saturated carbocycles. The van der Waals surface area contributed by atoms with Crippen LogP contribution in [0, 0.1) is 23.6 Å². The Morgan fingerprint density at radius 2 is 2.00 bits per heavy atom. The number of piperidine rings is 1. The van der Waals surface area contributed by atoms with Crippen molar-refractivity contribution < 1.29 is 18.7 Å². The molecule has 2 saturated heterocycles. The van der Waals surface area contributed by atoms with Crippen molar-refractivity contribution in [2.24, 2.45) is 17.8 Å². The predicted octanol–water partition coefficient (Wildman–Crippen LogP) is 4.50. The van der Waals surface area contributed by atoms with Gasteiger partial charge in [0.15, 0.2) is 5.06 Å². The maximum atomic E-state index is 15.2. The highest BCUT2D eigenvalue weighted by atomic mass is 32.1. The molecule has 2 atom stereocenters. The molecule has 2 aliphatic heterocycles. The average Bonchev–Trinajstić information content (AvgIpc) is 3.24. The molecule has 9 heteroatoms. The summed E-state index contributed by atoms with van der Waals surface area (Å²) in [6, 6.07) is 12.7. The molecule has 0 spiro atoms. The molecule has 2 aromatic heterocycles. The smallest absolute Gasteiger partial charge is 0.399 e. The first-order chi connectivity index (χ1) is 17.7. The van der Waals surface area contributed by atoms with E-state index in [0.717, 1.165) is 19.6 Å². The summed E-state index contributed by atoms with van der Waals surface area (Å²) in [7, 11) is 0. The number of thiophene rings is 1. The Bertz CT molecular complexity index is 1180. The van der Waals surface area contributed by atoms with E-state index >= 15 is 4.39 Å². The number of hydrogen-bond donors (Lipinski definition) is 0. The fraction of sp³-hybridized carbons (Fsp3) is 0.407. The second-order valence-corrected chi connectivity index (χ2v) is 10.6. The van der Waals surface area contributed by atoms with Crippen LogP contribution in [-0.2, 0) is 11.3 Å². The van der Waals surface area contributed by atoms with E-state index < -0.39 is 6.09 Å². The molecule has 188 valence electrons. The van der Waals surface area contributed by atoms with Crippen LogP contribution in [-0.4, -0.2) is 61.9 Å². The van der Waals surface area contributed by atoms with Gasteiger partial charge in [0.05, 0.1) is 24.6 Å². The van der Waals surface area contributed by atoms with Crippen LogP contribution < -0.4 is 14.5 Å². The molecule has 1 aromatic carbocycles. The first-order valence-electron chi connectivity index (χ1n) is 12.4. The molecule has 1 aliphatic carbocycles. The average molecular weight is 509 g/mol. The second kappa shape index (κ2) is 10.2. The van der Waals surface area contributed by atoms with Crippen LogP contribution in [0.25, 0.3) is 0 Å². The summed E-state index contributed by atoms with van der Waals surface area (Å²) in [6.07, 6.45) is 3.24. The van der Waals surface area contributed by atoms with Gasteiger partial charge in [-0.25, -0.2) is 9.18 Å². The number of nitrogens with zero attached hydrogens (tertiary/aromatic N) is 4. The third-order valence-electron chi connectivity index (χ3n) is 7.47. The van der Waals surface area contributed by atoms with E-state index in [1.807, 2.05) is 34.7 Å². The summed E-state index contributed by atoms with van der Waals surface area (Å²) in [5, 5.41) is 2.40. The lowest BCUT2D eigenvalue weighted by atomic mass is 10.2. The summed E-state index contributed by atoms with van der Waals surface area (Å²) in [6.45, 7) is 5.90. The van der Waals surface area contributed by atoms with Gasteiger partial charge < -0.3 is 14.4 Å². The largest absolute Gasteiger partial charge is 0.420 e. The quantitative estimate of drug-likeness (QED) is 0.468. The monoisotopic (exact) mass is 508 g/mol. The fourth-order valence-corrected chi connectivity index (χ4v) is 6.14. The summed E-state index contributed by atoms with van der Waals surface area (Å²) >= 11 is 1.37. The molecule has 3 aromatic rings. The van der Waals surface area contributed by atoms with Crippen molar-refractivity contribution in [2.75, 3.05) is 55.7 Å². The van der Waals surface area contributed by atoms with Gasteiger partial charge in [-0.15, -0.1) is 11.3 Å². The van der Waals surface area contributed by atoms with Crippen LogP contribution in [0.1, 0.15) is 5.56 Å². The number of fused-ring (bicyclic) bond motifs is 1. The maximum Gasteiger partial charge on any atom is 0.420 e. The van der Waals surface area contributed by atoms with Crippen molar-refractivity contribution >= 4 is 28.8 Å². The van der Waals surface area contributed by atoms with Gasteiger partial charge in [0, 0.05) is 51.7 Å². The number of amides is 1. The molecule has 0 radical (unpaired) electrons. The zero-order valence-corrected chi connectivity index (χ0v) is 20.8. The van der Waals surface area contributed by atoms with Crippen molar-refractivity contribution in [3.05, 3.63) is 71.6 Å². The van der Waals surface area contributed by atoms with Gasteiger partial charge in [-0.1, -0.05) is 6.07 Å². The van der Waals surface area contributed by atoms with E-state index in [1.54, 1.807) is 23.2 Å². The van der Waals surface area contributed by atoms with E-state index in [4.69, 9.17) is 9.47 Å². The number of ether oxygens (including phenoxy) is 2. The number of carbonyl (C=O) groups is 1. The number of rotatable bonds is 7. The summed E-state index contributed by atoms with van der Waals surface area (Å²) in [4.78, 5) is 23.5. The third-order valence-corrected chi connectivity index (χ3v) is 8.21. The molecular formula is C27H29FN4O3S. The van der Waals surface area contributed by atoms with Gasteiger partial charge in [-0.2, -0.15) is 0 Å². The lowest BCUT2D eigenvalue weighted by molar-refractivity contribution is 0.122. The number of anilines is 2. The molecule has 7 nitrogen and oxygen atoms in total. The Labute approximate surface area is 214 Å². The zero-order valence-electron chi connectivity index (χ0n) is 20.0. The number of pyridine rings is 1. The number of likely N-dealkylation sites (tertiary alicyclic amines) is 1. The number of morpholine rings is 1. The van der Waals surface area contributed by atoms with E-state index in [2.05, 4.69) is 16.0 Å². The third kappa shape index (κ3) is 4.96. The van der Waals surface area contributed by atoms with Crippen LogP contribution in [0.3, 0.4) is 0 Å². The van der Waals surface area contributed by atoms with Crippen molar-refractivity contribution in [3.8, 4) is 5.06 Å². The minimum atomic E-state index is -0.465. The number of halogens is 1. The topological polar surface area (TPSA) is 58.1 Å². The Morgan fingerprint density at radius 1 is 1.17 bits per heavy atom. The Morgan fingerprint density at radius 3 is 2.69 bits per heavy atom. The Kier molecular flexibility index (Phi) is 6.60. The zero-order chi connectivity index (χ0) is 24.5. The predicted molar refractivity (Wildman–Crippen MR) is 137 cm³/mol. The van der Waals surface area contributed by atoms with Crippen LogP contribution >= 0.6 is 11.3 Å². The summed E-state index contributed by atoms with van der Waals surface area (Å²) in [5.41, 5.74) is 2.29. The van der Waals surface area contributed by atoms with E-state index in [-0.39, 0.29) is 5.82 Å². The lowest BCUT2D eigenvalue weighted by Crippen LogP contribution is -2.38. The van der Waals surface area contributed by atoms with Crippen LogP contribution in [0.5, 0.6) is 5.06 Å². The maximum absolute atomic E-state index is 15.2. The fourth-order valence-electron chi connectivity index (χ4n) is 5.57. The van der Waals surface area contributed by atoms with Gasteiger partial charge in [0.1, 0.15) is 5.82 Å². The van der Waals surface area contributed by atoms with Gasteiger partial charge in [0.25, 0.3) is 0 Å². The van der Waals surface area contributed by atoms with Crippen molar-refractivity contribution in [1.82, 2.24) is 9.88 Å². The lowest BCUT2D eigenvalue weighted by Gasteiger charge is -2.30. The number of carbonyl (C=O) groups excluding carboxylic acids is 1. The van der Waals surface area contributed by atoms with Crippen molar-refractivity contribution in [3.63, 3.8) is 0 Å². The summed E-state index contributed by atoms with van der Waals surface area (Å²) in [5.74, 6) is 1.13. The Hall–Kier alpha value is -3.01. The molecule has 36 heavy (non-hydrogen) atoms. The highest BCUT2D eigenvalue weighted by Gasteiger charge is 2.56. The standard InChI is InChI=1S/C27H29FN4O3S/c28-24-13-20(5-6-25(24)31-8-10-34-11-9-31)32(27(33)35-26-4-2-12-36-26)18-23-21-16-30(17-22(21)23)15-19-3-1-7-29-14-19/h1-7,12-14,21-23H,8-11,15-18H2. The van der Waals surface area contributed by atoms with Gasteiger partial charge in [-0.05, 0) is 65.1 Å². The number of benzene rings is 1. The van der Waals surface area contributed by atoms with Gasteiger partial charge in [0.2, 0.25) is 0 Å². The van der Waals surface area contributed by atoms with Crippen LogP contribution in [0.15, 0.2) is 60.2 Å². The van der Waals surface area contributed by atoms with Gasteiger partial charge in [-0.3, -0.25) is 14.8 Å². The molecule has 2 unspecified atom stereocenters. The van der Waals surface area contributed by atoms with Crippen LogP contribution in [0.2, 0.25) is 0 Å². The van der Waals surface area contributed by atoms with Gasteiger partial charge >= 0.3 is 6.09 Å². The highest BCUT2D eigenvalue weighted by molar-refractivity contribution is 7.11. The van der Waals surface area contributed by atoms with Crippen molar-refractivity contribution in [1.29, 1.82) is 0 Å².